The summed E-state index contributed by atoms with van der Waals surface area (Å²) in [4.78, 5) is 4.28. The molecule has 0 radical (unpaired) electrons. The lowest BCUT2D eigenvalue weighted by Gasteiger charge is -2.11. The number of hydrogen-bond acceptors (Lipinski definition) is 6. The molecule has 0 bridgehead atoms. The minimum atomic E-state index is -4.76. The summed E-state index contributed by atoms with van der Waals surface area (Å²) in [6, 6.07) is 11.2. The zero-order valence-corrected chi connectivity index (χ0v) is 13.9. The summed E-state index contributed by atoms with van der Waals surface area (Å²) in [6.45, 7) is 0. The Labute approximate surface area is 150 Å². The van der Waals surface area contributed by atoms with Crippen molar-refractivity contribution >= 4 is 17.0 Å². The fourth-order valence-electron chi connectivity index (χ4n) is 2.62. The predicted molar refractivity (Wildman–Crippen MR) is 90.6 cm³/mol. The van der Waals surface area contributed by atoms with Crippen LogP contribution >= 0.6 is 0 Å². The molecule has 0 atom stereocenters. The largest absolute Gasteiger partial charge is 0.573 e. The molecule has 0 aliphatic heterocycles. The van der Waals surface area contributed by atoms with Gasteiger partial charge in [-0.2, -0.15) is 0 Å². The van der Waals surface area contributed by atoms with Crippen LogP contribution in [0.15, 0.2) is 53.2 Å². The molecule has 138 valence electrons. The van der Waals surface area contributed by atoms with Gasteiger partial charge >= 0.3 is 12.4 Å². The molecule has 7 nitrogen and oxygen atoms in total. The predicted octanol–water partition coefficient (Wildman–Crippen LogP) is 4.02. The number of halogens is 3. The Bertz CT molecular complexity index is 1100. The highest BCUT2D eigenvalue weighted by atomic mass is 19.4. The van der Waals surface area contributed by atoms with E-state index in [-0.39, 0.29) is 11.8 Å². The molecule has 0 fully saturated rings. The van der Waals surface area contributed by atoms with Gasteiger partial charge in [-0.05, 0) is 30.3 Å². The van der Waals surface area contributed by atoms with Gasteiger partial charge in [-0.15, -0.1) is 18.3 Å². The first-order valence-corrected chi connectivity index (χ1v) is 7.78. The van der Waals surface area contributed by atoms with Gasteiger partial charge in [0.25, 0.3) is 0 Å². The first kappa shape index (κ1) is 16.9. The van der Waals surface area contributed by atoms with E-state index in [2.05, 4.69) is 25.2 Å². The van der Waals surface area contributed by atoms with E-state index in [9.17, 15) is 13.2 Å². The average Bonchev–Trinajstić information content (AvgIpc) is 3.27. The van der Waals surface area contributed by atoms with Crippen molar-refractivity contribution < 1.29 is 22.3 Å². The van der Waals surface area contributed by atoms with Crippen molar-refractivity contribution in [1.82, 2.24) is 19.7 Å². The number of aromatic nitrogens is 4. The minimum Gasteiger partial charge on any atom is -0.406 e. The number of rotatable bonds is 4. The molecule has 0 aliphatic carbocycles. The second-order valence-electron chi connectivity index (χ2n) is 5.53. The number of fused-ring (bicyclic) bond motifs is 1. The summed E-state index contributed by atoms with van der Waals surface area (Å²) in [5, 5.41) is 10.5. The van der Waals surface area contributed by atoms with Crippen molar-refractivity contribution in [2.24, 2.45) is 0 Å². The molecule has 0 saturated heterocycles. The van der Waals surface area contributed by atoms with E-state index in [1.807, 2.05) is 0 Å². The molecule has 0 spiro atoms. The van der Waals surface area contributed by atoms with Gasteiger partial charge < -0.3 is 14.5 Å². The number of alkyl halides is 3. The highest BCUT2D eigenvalue weighted by Crippen LogP contribution is 2.28. The molecule has 2 aromatic heterocycles. The molecule has 4 aromatic rings. The number of nitrogens with one attached hydrogen (secondary N) is 1. The SMILES string of the molecule is CNc1nnc(-c2ccc3ncn(-c4cccc(OC(F)(F)F)c4)c3c2)o1. The van der Waals surface area contributed by atoms with Gasteiger partial charge in [-0.25, -0.2) is 4.98 Å². The summed E-state index contributed by atoms with van der Waals surface area (Å²) in [7, 11) is 1.66. The summed E-state index contributed by atoms with van der Waals surface area (Å²) >= 11 is 0. The fourth-order valence-corrected chi connectivity index (χ4v) is 2.62. The van der Waals surface area contributed by atoms with Crippen LogP contribution in [0.1, 0.15) is 0 Å². The van der Waals surface area contributed by atoms with Crippen LogP contribution in [0, 0.1) is 0 Å². The first-order chi connectivity index (χ1) is 12.9. The number of anilines is 1. The monoisotopic (exact) mass is 375 g/mol. The van der Waals surface area contributed by atoms with E-state index in [1.54, 1.807) is 35.9 Å². The van der Waals surface area contributed by atoms with Crippen LogP contribution in [0.5, 0.6) is 5.75 Å². The zero-order chi connectivity index (χ0) is 19.0. The third-order valence-electron chi connectivity index (χ3n) is 3.76. The van der Waals surface area contributed by atoms with Crippen molar-refractivity contribution in [3.8, 4) is 22.9 Å². The molecule has 10 heteroatoms. The standard InChI is InChI=1S/C17H12F3N5O2/c1-21-16-24-23-15(26-16)10-5-6-13-14(7-10)25(9-22-13)11-3-2-4-12(8-11)27-17(18,19)20/h2-9H,1H3,(H,21,24). The Balaban J connectivity index is 1.76. The van der Waals surface area contributed by atoms with Crippen molar-refractivity contribution in [3.05, 3.63) is 48.8 Å². The maximum absolute atomic E-state index is 12.5. The molecular formula is C17H12F3N5O2. The topological polar surface area (TPSA) is 78.0 Å². The number of ether oxygens (including phenoxy) is 1. The van der Waals surface area contributed by atoms with E-state index >= 15 is 0 Å². The Morgan fingerprint density at radius 2 is 1.96 bits per heavy atom. The summed E-state index contributed by atoms with van der Waals surface area (Å²) in [5.74, 6) is -0.00303. The van der Waals surface area contributed by atoms with Gasteiger partial charge in [-0.1, -0.05) is 11.2 Å². The van der Waals surface area contributed by atoms with Gasteiger partial charge in [-0.3, -0.25) is 4.57 Å². The van der Waals surface area contributed by atoms with E-state index in [4.69, 9.17) is 4.42 Å². The van der Waals surface area contributed by atoms with Crippen molar-refractivity contribution in [1.29, 1.82) is 0 Å². The van der Waals surface area contributed by atoms with Gasteiger partial charge in [0.1, 0.15) is 12.1 Å². The molecule has 0 saturated carbocycles. The van der Waals surface area contributed by atoms with Crippen LogP contribution in [0.3, 0.4) is 0 Å². The molecule has 2 heterocycles. The van der Waals surface area contributed by atoms with Gasteiger partial charge in [0.15, 0.2) is 0 Å². The molecule has 0 amide bonds. The van der Waals surface area contributed by atoms with Crippen LogP contribution < -0.4 is 10.1 Å². The number of benzene rings is 2. The van der Waals surface area contributed by atoms with Gasteiger partial charge in [0, 0.05) is 18.7 Å². The van der Waals surface area contributed by atoms with Gasteiger partial charge in [0.2, 0.25) is 5.89 Å². The minimum absolute atomic E-state index is 0.274. The quantitative estimate of drug-likeness (QED) is 0.581. The van der Waals surface area contributed by atoms with Crippen LogP contribution in [0.2, 0.25) is 0 Å². The number of imidazole rings is 1. The second-order valence-corrected chi connectivity index (χ2v) is 5.53. The first-order valence-electron chi connectivity index (χ1n) is 7.78. The van der Waals surface area contributed by atoms with Crippen LogP contribution in [0.25, 0.3) is 28.2 Å². The summed E-state index contributed by atoms with van der Waals surface area (Å²) < 4.78 is 48.5. The number of nitrogens with zero attached hydrogens (tertiary/aromatic N) is 4. The Hall–Kier alpha value is -3.56. The molecular weight excluding hydrogens is 363 g/mol. The maximum atomic E-state index is 12.5. The second kappa shape index (κ2) is 6.31. The van der Waals surface area contributed by atoms with Crippen molar-refractivity contribution in [3.63, 3.8) is 0 Å². The van der Waals surface area contributed by atoms with E-state index in [0.717, 1.165) is 0 Å². The Kier molecular flexibility index (Phi) is 3.94. The summed E-state index contributed by atoms with van der Waals surface area (Å²) in [6.07, 6.45) is -3.24. The van der Waals surface area contributed by atoms with Crippen LogP contribution in [-0.4, -0.2) is 33.2 Å². The lowest BCUT2D eigenvalue weighted by Crippen LogP contribution is -2.17. The van der Waals surface area contributed by atoms with E-state index in [0.29, 0.717) is 28.2 Å². The number of hydrogen-bond donors (Lipinski definition) is 1. The Morgan fingerprint density at radius 3 is 2.70 bits per heavy atom. The third-order valence-corrected chi connectivity index (χ3v) is 3.76. The lowest BCUT2D eigenvalue weighted by atomic mass is 10.2. The molecule has 2 aromatic carbocycles. The van der Waals surface area contributed by atoms with E-state index in [1.165, 1.54) is 24.5 Å². The van der Waals surface area contributed by atoms with Gasteiger partial charge in [0.05, 0.1) is 16.7 Å². The van der Waals surface area contributed by atoms with E-state index < -0.39 is 6.36 Å². The Morgan fingerprint density at radius 1 is 1.11 bits per heavy atom. The fraction of sp³-hybridized carbons (Fsp3) is 0.118. The summed E-state index contributed by atoms with van der Waals surface area (Å²) in [5.41, 5.74) is 2.45. The average molecular weight is 375 g/mol. The maximum Gasteiger partial charge on any atom is 0.573 e. The van der Waals surface area contributed by atoms with Crippen LogP contribution in [-0.2, 0) is 0 Å². The van der Waals surface area contributed by atoms with Crippen molar-refractivity contribution in [2.45, 2.75) is 6.36 Å². The molecule has 1 N–H and O–H groups in total. The molecule has 27 heavy (non-hydrogen) atoms. The zero-order valence-electron chi connectivity index (χ0n) is 13.9. The normalized spacial score (nSPS) is 11.7. The smallest absolute Gasteiger partial charge is 0.406 e. The molecule has 0 unspecified atom stereocenters. The molecule has 0 aliphatic rings. The van der Waals surface area contributed by atoms with Crippen molar-refractivity contribution in [2.75, 3.05) is 12.4 Å². The third kappa shape index (κ3) is 3.41. The highest BCUT2D eigenvalue weighted by Gasteiger charge is 2.31. The van der Waals surface area contributed by atoms with Crippen LogP contribution in [0.4, 0.5) is 19.2 Å². The lowest BCUT2D eigenvalue weighted by molar-refractivity contribution is -0.274. The molecule has 4 rings (SSSR count). The highest BCUT2D eigenvalue weighted by molar-refractivity contribution is 5.82.